The minimum atomic E-state index is -2.53. The molecule has 46 heavy (non-hydrogen) atoms. The Bertz CT molecular complexity index is 986. The lowest BCUT2D eigenvalue weighted by atomic mass is 10.2. The zero-order valence-corrected chi connectivity index (χ0v) is 31.9. The fourth-order valence-electron chi connectivity index (χ4n) is 4.79. The van der Waals surface area contributed by atoms with Gasteiger partial charge in [0, 0.05) is 0 Å². The number of hydrogen-bond donors (Lipinski definition) is 0. The first kappa shape index (κ1) is 40.7. The van der Waals surface area contributed by atoms with E-state index in [1.807, 2.05) is 0 Å². The molecule has 0 bridgehead atoms. The van der Waals surface area contributed by atoms with E-state index in [0.29, 0.717) is 92.5 Å². The van der Waals surface area contributed by atoms with E-state index in [-0.39, 0.29) is 10.1 Å². The van der Waals surface area contributed by atoms with Gasteiger partial charge < -0.3 is 37.3 Å². The average Bonchev–Trinajstić information content (AvgIpc) is 3.01. The van der Waals surface area contributed by atoms with Gasteiger partial charge in [0.25, 0.3) is 8.32 Å². The highest BCUT2D eigenvalue weighted by molar-refractivity contribution is 6.99. The van der Waals surface area contributed by atoms with Crippen molar-refractivity contribution in [2.24, 2.45) is 0 Å². The second kappa shape index (κ2) is 21.5. The van der Waals surface area contributed by atoms with Gasteiger partial charge in [0.05, 0.1) is 92.5 Å². The Kier molecular flexibility index (Phi) is 19.0. The summed E-state index contributed by atoms with van der Waals surface area (Å²) in [5.74, 6) is 0. The summed E-state index contributed by atoms with van der Waals surface area (Å²) in [5.41, 5.74) is 0. The summed E-state index contributed by atoms with van der Waals surface area (Å²) in [6.45, 7) is 25.7. The van der Waals surface area contributed by atoms with Crippen molar-refractivity contribution in [3.8, 4) is 0 Å². The van der Waals surface area contributed by atoms with Crippen LogP contribution < -0.4 is 10.4 Å². The second-order valence-corrected chi connectivity index (χ2v) is 22.9. The van der Waals surface area contributed by atoms with Crippen LogP contribution in [-0.4, -0.2) is 109 Å². The summed E-state index contributed by atoms with van der Waals surface area (Å²) < 4.78 is 46.7. The van der Waals surface area contributed by atoms with Crippen LogP contribution in [0.25, 0.3) is 0 Å². The van der Waals surface area contributed by atoms with Crippen LogP contribution in [0.2, 0.25) is 23.2 Å². The van der Waals surface area contributed by atoms with E-state index >= 15 is 0 Å². The van der Waals surface area contributed by atoms with Gasteiger partial charge in [-0.25, -0.2) is 0 Å². The van der Waals surface area contributed by atoms with Crippen molar-refractivity contribution in [1.82, 2.24) is 0 Å². The van der Waals surface area contributed by atoms with E-state index in [4.69, 9.17) is 37.3 Å². The van der Waals surface area contributed by atoms with E-state index in [1.54, 1.807) is 0 Å². The molecule has 0 saturated carbocycles. The summed E-state index contributed by atoms with van der Waals surface area (Å²) in [5, 5.41) is 2.72. The molecule has 10 heteroatoms. The van der Waals surface area contributed by atoms with Gasteiger partial charge in [0.2, 0.25) is 0 Å². The summed E-state index contributed by atoms with van der Waals surface area (Å²) in [6, 6.07) is 21.3. The standard InChI is InChI=1S/C36H62O8Si2/c1-35(2,3)45(7,8)43-31-29-41-27-25-39-23-21-37-19-20-38-22-24-40-26-28-42-30-32-44-46(36(4,5)6,33-15-11-9-12-16-33)34-17-13-10-14-18-34/h9-18H,19-32H2,1-8H3. The first-order chi connectivity index (χ1) is 21.9. The first-order valence-electron chi connectivity index (χ1n) is 16.8. The maximum absolute atomic E-state index is 6.85. The van der Waals surface area contributed by atoms with E-state index in [9.17, 15) is 0 Å². The van der Waals surface area contributed by atoms with E-state index in [2.05, 4.69) is 115 Å². The predicted molar refractivity (Wildman–Crippen MR) is 192 cm³/mol. The molecule has 8 nitrogen and oxygen atoms in total. The summed E-state index contributed by atoms with van der Waals surface area (Å²) in [6.07, 6.45) is 0. The Balaban J connectivity index is 1.44. The molecule has 0 amide bonds. The number of ether oxygens (including phenoxy) is 6. The quantitative estimate of drug-likeness (QED) is 0.0981. The lowest BCUT2D eigenvalue weighted by Gasteiger charge is -2.43. The molecule has 2 aromatic carbocycles. The van der Waals surface area contributed by atoms with Crippen LogP contribution in [0.3, 0.4) is 0 Å². The third kappa shape index (κ3) is 14.4. The molecule has 0 atom stereocenters. The van der Waals surface area contributed by atoms with Crippen LogP contribution >= 0.6 is 0 Å². The predicted octanol–water partition coefficient (Wildman–Crippen LogP) is 5.68. The highest BCUT2D eigenvalue weighted by Crippen LogP contribution is 2.37. The average molecular weight is 679 g/mol. The molecule has 0 heterocycles. The molecular formula is C36H62O8Si2. The molecule has 0 radical (unpaired) electrons. The fraction of sp³-hybridized carbons (Fsp3) is 0.667. The van der Waals surface area contributed by atoms with Crippen LogP contribution in [0.4, 0.5) is 0 Å². The SMILES string of the molecule is CC(C)(C)[Si](C)(C)OCCOCCOCCOCCOCCOCCOCCO[Si](c1ccccc1)(c1ccccc1)C(C)(C)C. The van der Waals surface area contributed by atoms with Crippen LogP contribution in [0.5, 0.6) is 0 Å². The van der Waals surface area contributed by atoms with Crippen molar-refractivity contribution in [1.29, 1.82) is 0 Å². The lowest BCUT2D eigenvalue weighted by molar-refractivity contribution is -0.0190. The van der Waals surface area contributed by atoms with Gasteiger partial charge in [-0.2, -0.15) is 0 Å². The summed E-state index contributed by atoms with van der Waals surface area (Å²) in [4.78, 5) is 0. The molecule has 0 spiro atoms. The fourth-order valence-corrected chi connectivity index (χ4v) is 10.4. The molecule has 0 aliphatic rings. The van der Waals surface area contributed by atoms with Crippen LogP contribution in [0.15, 0.2) is 60.7 Å². The van der Waals surface area contributed by atoms with Gasteiger partial charge in [0.15, 0.2) is 8.32 Å². The third-order valence-electron chi connectivity index (χ3n) is 8.32. The van der Waals surface area contributed by atoms with Crippen LogP contribution in [0.1, 0.15) is 41.5 Å². The molecule has 0 aliphatic carbocycles. The summed E-state index contributed by atoms with van der Waals surface area (Å²) >= 11 is 0. The molecule has 0 N–H and O–H groups in total. The maximum atomic E-state index is 6.85. The second-order valence-electron chi connectivity index (χ2n) is 13.8. The maximum Gasteiger partial charge on any atom is 0.261 e. The Labute approximate surface area is 281 Å². The van der Waals surface area contributed by atoms with E-state index < -0.39 is 16.6 Å². The number of benzene rings is 2. The van der Waals surface area contributed by atoms with Crippen molar-refractivity contribution < 1.29 is 37.3 Å². The number of rotatable bonds is 25. The highest BCUT2D eigenvalue weighted by atomic mass is 28.4. The Hall–Kier alpha value is -1.45. The van der Waals surface area contributed by atoms with Crippen molar-refractivity contribution in [2.45, 2.75) is 64.7 Å². The van der Waals surface area contributed by atoms with E-state index in [1.165, 1.54) is 10.4 Å². The normalized spacial score (nSPS) is 13.0. The Morgan fingerprint density at radius 2 is 0.674 bits per heavy atom. The van der Waals surface area contributed by atoms with Crippen LogP contribution in [-0.2, 0) is 37.3 Å². The zero-order valence-electron chi connectivity index (χ0n) is 29.9. The van der Waals surface area contributed by atoms with Gasteiger partial charge >= 0.3 is 0 Å². The van der Waals surface area contributed by atoms with Crippen LogP contribution in [0, 0.1) is 0 Å². The van der Waals surface area contributed by atoms with Gasteiger partial charge in [0.1, 0.15) is 0 Å². The molecule has 2 aromatic rings. The minimum absolute atomic E-state index is 0.0477. The van der Waals surface area contributed by atoms with Gasteiger partial charge in [-0.3, -0.25) is 0 Å². The summed E-state index contributed by atoms with van der Waals surface area (Å²) in [7, 11) is -4.23. The Morgan fingerprint density at radius 3 is 0.957 bits per heavy atom. The van der Waals surface area contributed by atoms with Gasteiger partial charge in [-0.15, -0.1) is 0 Å². The van der Waals surface area contributed by atoms with Crippen molar-refractivity contribution >= 4 is 27.0 Å². The van der Waals surface area contributed by atoms with Crippen molar-refractivity contribution in [3.05, 3.63) is 60.7 Å². The molecule has 0 fully saturated rings. The Morgan fingerprint density at radius 1 is 0.391 bits per heavy atom. The molecule has 262 valence electrons. The zero-order chi connectivity index (χ0) is 33.8. The highest BCUT2D eigenvalue weighted by Gasteiger charge is 2.50. The molecule has 2 rings (SSSR count). The monoisotopic (exact) mass is 678 g/mol. The molecule has 0 aliphatic heterocycles. The first-order valence-corrected chi connectivity index (χ1v) is 21.6. The van der Waals surface area contributed by atoms with Crippen molar-refractivity contribution in [2.75, 3.05) is 92.5 Å². The smallest absolute Gasteiger partial charge is 0.261 e. The molecular weight excluding hydrogens is 617 g/mol. The third-order valence-corrected chi connectivity index (χ3v) is 17.9. The minimum Gasteiger partial charge on any atom is -0.414 e. The molecule has 0 aromatic heterocycles. The number of hydrogen-bond acceptors (Lipinski definition) is 8. The molecule has 0 saturated heterocycles. The molecule has 0 unspecified atom stereocenters. The largest absolute Gasteiger partial charge is 0.414 e. The van der Waals surface area contributed by atoms with Gasteiger partial charge in [-0.05, 0) is 33.5 Å². The van der Waals surface area contributed by atoms with Gasteiger partial charge in [-0.1, -0.05) is 102 Å². The van der Waals surface area contributed by atoms with Crippen molar-refractivity contribution in [3.63, 3.8) is 0 Å². The van der Waals surface area contributed by atoms with E-state index in [0.717, 1.165) is 0 Å². The lowest BCUT2D eigenvalue weighted by Crippen LogP contribution is -2.66. The topological polar surface area (TPSA) is 73.8 Å².